The number of benzene rings is 2. The van der Waals surface area contributed by atoms with Crippen molar-refractivity contribution in [3.63, 3.8) is 0 Å². The lowest BCUT2D eigenvalue weighted by molar-refractivity contribution is 0.0960. The van der Waals surface area contributed by atoms with Gasteiger partial charge in [-0.2, -0.15) is 0 Å². The number of rotatable bonds is 3. The Balaban J connectivity index is 1.92. The zero-order chi connectivity index (χ0) is 17.3. The van der Waals surface area contributed by atoms with Gasteiger partial charge in [0.2, 0.25) is 0 Å². The van der Waals surface area contributed by atoms with Gasteiger partial charge >= 0.3 is 0 Å². The number of carbonyl (C=O) groups excluding carboxylic acids is 2. The third-order valence-electron chi connectivity index (χ3n) is 3.73. The lowest BCUT2D eigenvalue weighted by atomic mass is 10.1. The smallest absolute Gasteiger partial charge is 0.291 e. The van der Waals surface area contributed by atoms with Crippen LogP contribution in [-0.2, 0) is 0 Å². The summed E-state index contributed by atoms with van der Waals surface area (Å²) in [5.41, 5.74) is 2.17. The summed E-state index contributed by atoms with van der Waals surface area (Å²) in [6.07, 6.45) is 0. The average Bonchev–Trinajstić information content (AvgIpc) is 2.93. The second kappa shape index (κ2) is 6.37. The molecule has 0 saturated heterocycles. The minimum Gasteiger partial charge on any atom is -0.449 e. The Labute approximate surface area is 143 Å². The second-order valence-electron chi connectivity index (χ2n) is 5.29. The number of anilines is 1. The number of carbonyl (C=O) groups is 2. The van der Waals surface area contributed by atoms with Crippen LogP contribution in [0.25, 0.3) is 11.0 Å². The molecule has 0 unspecified atom stereocenters. The highest BCUT2D eigenvalue weighted by atomic mass is 35.5. The number of furan rings is 1. The molecule has 0 radical (unpaired) electrons. The van der Waals surface area contributed by atoms with E-state index in [1.165, 1.54) is 0 Å². The molecule has 1 heterocycles. The predicted octanol–water partition coefficient (Wildman–Crippen LogP) is 4.01. The molecule has 0 bridgehead atoms. The Morgan fingerprint density at radius 3 is 2.54 bits per heavy atom. The summed E-state index contributed by atoms with van der Waals surface area (Å²) >= 11 is 6.11. The number of hydrogen-bond acceptors (Lipinski definition) is 3. The van der Waals surface area contributed by atoms with Gasteiger partial charge < -0.3 is 15.1 Å². The van der Waals surface area contributed by atoms with Gasteiger partial charge in [-0.1, -0.05) is 29.8 Å². The molecular weight excluding hydrogens is 328 g/mol. The molecule has 0 spiro atoms. The van der Waals surface area contributed by atoms with Crippen molar-refractivity contribution in [3.05, 3.63) is 64.4 Å². The van der Waals surface area contributed by atoms with Crippen LogP contribution in [0.1, 0.15) is 26.5 Å². The number of nitrogens with one attached hydrogen (secondary N) is 2. The first-order chi connectivity index (χ1) is 11.5. The standard InChI is InChI=1S/C18H15ClN2O3/c1-10-13-7-4-8-14(19)16(13)24-15(10)18(23)21-12-6-3-5-11(9-12)17(22)20-2/h3-9H,1-2H3,(H,20,22)(H,21,23). The molecule has 0 fully saturated rings. The second-order valence-corrected chi connectivity index (χ2v) is 5.69. The van der Waals surface area contributed by atoms with Crippen LogP contribution in [-0.4, -0.2) is 18.9 Å². The molecule has 6 heteroatoms. The van der Waals surface area contributed by atoms with Crippen molar-refractivity contribution in [2.45, 2.75) is 6.92 Å². The number of hydrogen-bond donors (Lipinski definition) is 2. The largest absolute Gasteiger partial charge is 0.449 e. The van der Waals surface area contributed by atoms with Crippen LogP contribution in [0.2, 0.25) is 5.02 Å². The first-order valence-electron chi connectivity index (χ1n) is 7.32. The molecule has 0 aliphatic carbocycles. The highest BCUT2D eigenvalue weighted by Crippen LogP contribution is 2.31. The van der Waals surface area contributed by atoms with Crippen molar-refractivity contribution in [2.75, 3.05) is 12.4 Å². The highest BCUT2D eigenvalue weighted by molar-refractivity contribution is 6.35. The quantitative estimate of drug-likeness (QED) is 0.755. The lowest BCUT2D eigenvalue weighted by Gasteiger charge is -2.06. The first kappa shape index (κ1) is 16.1. The molecular formula is C18H15ClN2O3. The van der Waals surface area contributed by atoms with Crippen molar-refractivity contribution < 1.29 is 14.0 Å². The van der Waals surface area contributed by atoms with Gasteiger partial charge in [-0.25, -0.2) is 0 Å². The van der Waals surface area contributed by atoms with Gasteiger partial charge in [0.15, 0.2) is 11.3 Å². The Morgan fingerprint density at radius 2 is 1.83 bits per heavy atom. The number of fused-ring (bicyclic) bond motifs is 1. The van der Waals surface area contributed by atoms with E-state index in [9.17, 15) is 9.59 Å². The number of para-hydroxylation sites is 1. The maximum absolute atomic E-state index is 12.5. The van der Waals surface area contributed by atoms with Crippen LogP contribution in [0.15, 0.2) is 46.9 Å². The van der Waals surface area contributed by atoms with Crippen LogP contribution < -0.4 is 10.6 Å². The average molecular weight is 343 g/mol. The summed E-state index contributed by atoms with van der Waals surface area (Å²) in [5.74, 6) is -0.421. The van der Waals surface area contributed by atoms with Gasteiger partial charge in [0.05, 0.1) is 5.02 Å². The van der Waals surface area contributed by atoms with Gasteiger partial charge in [0.1, 0.15) is 0 Å². The van der Waals surface area contributed by atoms with E-state index in [4.69, 9.17) is 16.0 Å². The zero-order valence-corrected chi connectivity index (χ0v) is 13.9. The molecule has 0 atom stereocenters. The van der Waals surface area contributed by atoms with Crippen molar-refractivity contribution in [1.82, 2.24) is 5.32 Å². The Hall–Kier alpha value is -2.79. The summed E-state index contributed by atoms with van der Waals surface area (Å²) in [7, 11) is 1.55. The summed E-state index contributed by atoms with van der Waals surface area (Å²) in [4.78, 5) is 24.2. The van der Waals surface area contributed by atoms with Crippen LogP contribution in [0.4, 0.5) is 5.69 Å². The van der Waals surface area contributed by atoms with E-state index in [1.54, 1.807) is 44.3 Å². The Morgan fingerprint density at radius 1 is 1.08 bits per heavy atom. The molecule has 3 rings (SSSR count). The van der Waals surface area contributed by atoms with Gasteiger partial charge in [-0.3, -0.25) is 9.59 Å². The van der Waals surface area contributed by atoms with Crippen molar-refractivity contribution in [3.8, 4) is 0 Å². The molecule has 3 aromatic rings. The fraction of sp³-hybridized carbons (Fsp3) is 0.111. The lowest BCUT2D eigenvalue weighted by Crippen LogP contribution is -2.18. The van der Waals surface area contributed by atoms with E-state index in [-0.39, 0.29) is 11.7 Å². The molecule has 0 aliphatic heterocycles. The van der Waals surface area contributed by atoms with Crippen molar-refractivity contribution in [2.24, 2.45) is 0 Å². The van der Waals surface area contributed by atoms with E-state index in [0.717, 1.165) is 5.39 Å². The normalized spacial score (nSPS) is 10.6. The predicted molar refractivity (Wildman–Crippen MR) is 93.7 cm³/mol. The molecule has 122 valence electrons. The third-order valence-corrected chi connectivity index (χ3v) is 4.03. The fourth-order valence-electron chi connectivity index (χ4n) is 2.50. The minimum absolute atomic E-state index is 0.198. The maximum atomic E-state index is 12.5. The number of amides is 2. The summed E-state index contributed by atoms with van der Waals surface area (Å²) in [6, 6.07) is 12.0. The van der Waals surface area contributed by atoms with E-state index in [0.29, 0.717) is 27.4 Å². The Bertz CT molecular complexity index is 947. The van der Waals surface area contributed by atoms with Gasteiger partial charge in [-0.15, -0.1) is 0 Å². The van der Waals surface area contributed by atoms with Gasteiger partial charge in [0.25, 0.3) is 11.8 Å². The number of aryl methyl sites for hydroxylation is 1. The SMILES string of the molecule is CNC(=O)c1cccc(NC(=O)c2oc3c(Cl)cccc3c2C)c1. The van der Waals surface area contributed by atoms with Gasteiger partial charge in [0, 0.05) is 29.2 Å². The maximum Gasteiger partial charge on any atom is 0.291 e. The monoisotopic (exact) mass is 342 g/mol. The van der Waals surface area contributed by atoms with E-state index >= 15 is 0 Å². The molecule has 0 saturated carbocycles. The summed E-state index contributed by atoms with van der Waals surface area (Å²) < 4.78 is 5.64. The van der Waals surface area contributed by atoms with Crippen LogP contribution in [0.5, 0.6) is 0 Å². The first-order valence-corrected chi connectivity index (χ1v) is 7.70. The molecule has 2 aromatic carbocycles. The third kappa shape index (κ3) is 2.86. The molecule has 0 aliphatic rings. The van der Waals surface area contributed by atoms with E-state index in [1.807, 2.05) is 12.1 Å². The topological polar surface area (TPSA) is 71.3 Å². The summed E-state index contributed by atoms with van der Waals surface area (Å²) in [5, 5.41) is 6.54. The van der Waals surface area contributed by atoms with Crippen LogP contribution in [0.3, 0.4) is 0 Å². The summed E-state index contributed by atoms with van der Waals surface area (Å²) in [6.45, 7) is 1.80. The van der Waals surface area contributed by atoms with Crippen molar-refractivity contribution in [1.29, 1.82) is 0 Å². The molecule has 24 heavy (non-hydrogen) atoms. The van der Waals surface area contributed by atoms with E-state index in [2.05, 4.69) is 10.6 Å². The van der Waals surface area contributed by atoms with Crippen LogP contribution in [0, 0.1) is 6.92 Å². The molecule has 2 N–H and O–H groups in total. The minimum atomic E-state index is -0.395. The fourth-order valence-corrected chi connectivity index (χ4v) is 2.71. The Kier molecular flexibility index (Phi) is 4.27. The van der Waals surface area contributed by atoms with E-state index < -0.39 is 5.91 Å². The van der Waals surface area contributed by atoms with Gasteiger partial charge in [-0.05, 0) is 31.2 Å². The number of halogens is 1. The van der Waals surface area contributed by atoms with Crippen molar-refractivity contribution >= 4 is 40.1 Å². The molecule has 5 nitrogen and oxygen atoms in total. The highest BCUT2D eigenvalue weighted by Gasteiger charge is 2.19. The molecule has 1 aromatic heterocycles. The zero-order valence-electron chi connectivity index (χ0n) is 13.1. The van der Waals surface area contributed by atoms with Crippen LogP contribution >= 0.6 is 11.6 Å². The molecule has 2 amide bonds.